The molecule has 0 saturated carbocycles. The largest absolute Gasteiger partial charge is 0.338 e. The fraction of sp³-hybridized carbons (Fsp3) is 0.846. The predicted octanol–water partition coefficient (Wildman–Crippen LogP) is 1.38. The SMILES string of the molecule is CC(C)c1noc(CN2CCCC3CNCC32)n1. The van der Waals surface area contributed by atoms with Crippen molar-refractivity contribution in [2.75, 3.05) is 19.6 Å². The highest BCUT2D eigenvalue weighted by molar-refractivity contribution is 4.96. The summed E-state index contributed by atoms with van der Waals surface area (Å²) in [4.78, 5) is 6.98. The Morgan fingerprint density at radius 1 is 1.44 bits per heavy atom. The maximum absolute atomic E-state index is 5.35. The monoisotopic (exact) mass is 250 g/mol. The molecule has 1 N–H and O–H groups in total. The van der Waals surface area contributed by atoms with Gasteiger partial charge in [0.05, 0.1) is 6.54 Å². The fourth-order valence-corrected chi connectivity index (χ4v) is 3.10. The van der Waals surface area contributed by atoms with Crippen LogP contribution in [0.2, 0.25) is 0 Å². The first kappa shape index (κ1) is 12.1. The van der Waals surface area contributed by atoms with Crippen molar-refractivity contribution in [1.82, 2.24) is 20.4 Å². The summed E-state index contributed by atoms with van der Waals surface area (Å²) in [5, 5.41) is 7.53. The van der Waals surface area contributed by atoms with Crippen LogP contribution < -0.4 is 5.32 Å². The summed E-state index contributed by atoms with van der Waals surface area (Å²) in [7, 11) is 0. The molecule has 100 valence electrons. The number of rotatable bonds is 3. The standard InChI is InChI=1S/C13H22N4O/c1-9(2)13-15-12(18-16-13)8-17-5-3-4-10-6-14-7-11(10)17/h9-11,14H,3-8H2,1-2H3. The first-order chi connectivity index (χ1) is 8.74. The Morgan fingerprint density at radius 2 is 2.33 bits per heavy atom. The average Bonchev–Trinajstić information content (AvgIpc) is 2.97. The molecule has 2 aliphatic rings. The highest BCUT2D eigenvalue weighted by Gasteiger charge is 2.35. The molecule has 1 aromatic rings. The minimum Gasteiger partial charge on any atom is -0.338 e. The number of fused-ring (bicyclic) bond motifs is 1. The first-order valence-electron chi connectivity index (χ1n) is 7.01. The van der Waals surface area contributed by atoms with E-state index in [2.05, 4.69) is 34.2 Å². The van der Waals surface area contributed by atoms with Gasteiger partial charge in [0.15, 0.2) is 5.82 Å². The van der Waals surface area contributed by atoms with Crippen molar-refractivity contribution in [3.05, 3.63) is 11.7 Å². The third-order valence-corrected chi connectivity index (χ3v) is 4.13. The minimum atomic E-state index is 0.338. The molecule has 0 aliphatic carbocycles. The molecule has 1 aromatic heterocycles. The summed E-state index contributed by atoms with van der Waals surface area (Å²) in [5.74, 6) is 2.74. The van der Waals surface area contributed by atoms with Gasteiger partial charge in [-0.3, -0.25) is 4.90 Å². The molecule has 18 heavy (non-hydrogen) atoms. The Bertz CT molecular complexity index is 403. The second-order valence-electron chi connectivity index (χ2n) is 5.80. The van der Waals surface area contributed by atoms with Gasteiger partial charge in [0.2, 0.25) is 5.89 Å². The van der Waals surface area contributed by atoms with Crippen molar-refractivity contribution in [2.45, 2.75) is 45.2 Å². The molecular formula is C13H22N4O. The Morgan fingerprint density at radius 3 is 3.11 bits per heavy atom. The number of nitrogens with zero attached hydrogens (tertiary/aromatic N) is 3. The van der Waals surface area contributed by atoms with Crippen LogP contribution in [0.4, 0.5) is 0 Å². The molecule has 0 bridgehead atoms. The summed E-state index contributed by atoms with van der Waals surface area (Å²) in [6.45, 7) is 8.42. The maximum Gasteiger partial charge on any atom is 0.240 e. The molecular weight excluding hydrogens is 228 g/mol. The molecule has 3 rings (SSSR count). The maximum atomic E-state index is 5.35. The van der Waals surface area contributed by atoms with Gasteiger partial charge in [-0.15, -0.1) is 0 Å². The fourth-order valence-electron chi connectivity index (χ4n) is 3.10. The Labute approximate surface area is 108 Å². The number of piperidine rings is 1. The van der Waals surface area contributed by atoms with Crippen molar-refractivity contribution < 1.29 is 4.52 Å². The predicted molar refractivity (Wildman–Crippen MR) is 68.2 cm³/mol. The molecule has 3 heterocycles. The minimum absolute atomic E-state index is 0.338. The van der Waals surface area contributed by atoms with Crippen LogP contribution in [0, 0.1) is 5.92 Å². The second kappa shape index (κ2) is 4.97. The van der Waals surface area contributed by atoms with Crippen molar-refractivity contribution in [2.24, 2.45) is 5.92 Å². The van der Waals surface area contributed by atoms with Crippen LogP contribution in [-0.2, 0) is 6.54 Å². The quantitative estimate of drug-likeness (QED) is 0.878. The smallest absolute Gasteiger partial charge is 0.240 e. The number of hydrogen-bond donors (Lipinski definition) is 1. The zero-order chi connectivity index (χ0) is 12.5. The van der Waals surface area contributed by atoms with E-state index in [0.717, 1.165) is 37.3 Å². The summed E-state index contributed by atoms with van der Waals surface area (Å²) < 4.78 is 5.35. The number of hydrogen-bond acceptors (Lipinski definition) is 5. The number of nitrogens with one attached hydrogen (secondary N) is 1. The van der Waals surface area contributed by atoms with Gasteiger partial charge >= 0.3 is 0 Å². The molecule has 0 spiro atoms. The van der Waals surface area contributed by atoms with E-state index in [0.29, 0.717) is 12.0 Å². The van der Waals surface area contributed by atoms with Gasteiger partial charge in [0.25, 0.3) is 0 Å². The summed E-state index contributed by atoms with van der Waals surface area (Å²) >= 11 is 0. The Balaban J connectivity index is 1.67. The topological polar surface area (TPSA) is 54.2 Å². The zero-order valence-corrected chi connectivity index (χ0v) is 11.2. The van der Waals surface area contributed by atoms with Crippen LogP contribution in [0.5, 0.6) is 0 Å². The highest BCUT2D eigenvalue weighted by Crippen LogP contribution is 2.27. The van der Waals surface area contributed by atoms with E-state index >= 15 is 0 Å². The van der Waals surface area contributed by atoms with Crippen molar-refractivity contribution in [3.63, 3.8) is 0 Å². The average molecular weight is 250 g/mol. The van der Waals surface area contributed by atoms with Gasteiger partial charge in [-0.2, -0.15) is 4.98 Å². The summed E-state index contributed by atoms with van der Waals surface area (Å²) in [6.07, 6.45) is 2.64. The Hall–Kier alpha value is -0.940. The van der Waals surface area contributed by atoms with Gasteiger partial charge in [0, 0.05) is 18.5 Å². The van der Waals surface area contributed by atoms with Crippen LogP contribution in [-0.4, -0.2) is 40.7 Å². The lowest BCUT2D eigenvalue weighted by atomic mass is 9.92. The molecule has 0 radical (unpaired) electrons. The number of likely N-dealkylation sites (tertiary alicyclic amines) is 1. The van der Waals surface area contributed by atoms with Crippen molar-refractivity contribution >= 4 is 0 Å². The van der Waals surface area contributed by atoms with Crippen LogP contribution in [0.15, 0.2) is 4.52 Å². The van der Waals surface area contributed by atoms with Crippen LogP contribution in [0.3, 0.4) is 0 Å². The molecule has 5 heteroatoms. The van der Waals surface area contributed by atoms with E-state index in [1.165, 1.54) is 19.4 Å². The molecule has 2 saturated heterocycles. The van der Waals surface area contributed by atoms with E-state index in [-0.39, 0.29) is 0 Å². The first-order valence-corrected chi connectivity index (χ1v) is 7.01. The lowest BCUT2D eigenvalue weighted by Crippen LogP contribution is -2.44. The second-order valence-corrected chi connectivity index (χ2v) is 5.80. The van der Waals surface area contributed by atoms with E-state index < -0.39 is 0 Å². The zero-order valence-electron chi connectivity index (χ0n) is 11.2. The molecule has 2 fully saturated rings. The highest BCUT2D eigenvalue weighted by atomic mass is 16.5. The lowest BCUT2D eigenvalue weighted by molar-refractivity contribution is 0.104. The van der Waals surface area contributed by atoms with Gasteiger partial charge in [0.1, 0.15) is 0 Å². The summed E-state index contributed by atoms with van der Waals surface area (Å²) in [5.41, 5.74) is 0. The Kier molecular flexibility index (Phi) is 3.35. The van der Waals surface area contributed by atoms with Crippen LogP contribution in [0.1, 0.15) is 44.3 Å². The van der Waals surface area contributed by atoms with Gasteiger partial charge in [-0.05, 0) is 31.8 Å². The van der Waals surface area contributed by atoms with E-state index in [1.54, 1.807) is 0 Å². The normalized spacial score (nSPS) is 28.8. The molecule has 2 atom stereocenters. The molecule has 0 aromatic carbocycles. The summed E-state index contributed by atoms with van der Waals surface area (Å²) in [6, 6.07) is 0.660. The molecule has 2 aliphatic heterocycles. The van der Waals surface area contributed by atoms with Crippen LogP contribution in [0.25, 0.3) is 0 Å². The van der Waals surface area contributed by atoms with Crippen molar-refractivity contribution in [1.29, 1.82) is 0 Å². The van der Waals surface area contributed by atoms with E-state index in [1.807, 2.05) is 0 Å². The third kappa shape index (κ3) is 2.29. The number of aromatic nitrogens is 2. The lowest BCUT2D eigenvalue weighted by Gasteiger charge is -2.35. The van der Waals surface area contributed by atoms with Crippen molar-refractivity contribution in [3.8, 4) is 0 Å². The van der Waals surface area contributed by atoms with Gasteiger partial charge < -0.3 is 9.84 Å². The van der Waals surface area contributed by atoms with Gasteiger partial charge in [-0.25, -0.2) is 0 Å². The van der Waals surface area contributed by atoms with Crippen LogP contribution >= 0.6 is 0 Å². The third-order valence-electron chi connectivity index (χ3n) is 4.13. The molecule has 0 amide bonds. The van der Waals surface area contributed by atoms with E-state index in [9.17, 15) is 0 Å². The van der Waals surface area contributed by atoms with Gasteiger partial charge in [-0.1, -0.05) is 19.0 Å². The van der Waals surface area contributed by atoms with E-state index in [4.69, 9.17) is 4.52 Å². The molecule has 5 nitrogen and oxygen atoms in total. The molecule has 2 unspecified atom stereocenters.